The Balaban J connectivity index is 1.78. The van der Waals surface area contributed by atoms with Gasteiger partial charge in [0.1, 0.15) is 0 Å². The molecule has 19 heavy (non-hydrogen) atoms. The molecule has 0 aromatic heterocycles. The van der Waals surface area contributed by atoms with Crippen LogP contribution in [0.3, 0.4) is 0 Å². The van der Waals surface area contributed by atoms with Gasteiger partial charge in [0.2, 0.25) is 5.91 Å². The number of nitrogens with zero attached hydrogens (tertiary/aromatic N) is 1. The van der Waals surface area contributed by atoms with Crippen molar-refractivity contribution in [3.63, 3.8) is 0 Å². The Kier molecular flexibility index (Phi) is 3.44. The van der Waals surface area contributed by atoms with Gasteiger partial charge in [0.25, 0.3) is 0 Å². The van der Waals surface area contributed by atoms with E-state index < -0.39 is 0 Å². The number of fused-ring (bicyclic) bond motifs is 1. The quantitative estimate of drug-likeness (QED) is 0.855. The summed E-state index contributed by atoms with van der Waals surface area (Å²) in [5, 5.41) is 4.42. The zero-order valence-electron chi connectivity index (χ0n) is 11.4. The molecule has 1 aromatic carbocycles. The number of carbonyl (C=O) groups excluding carboxylic acids is 1. The van der Waals surface area contributed by atoms with Crippen molar-refractivity contribution >= 4 is 23.4 Å². The summed E-state index contributed by atoms with van der Waals surface area (Å²) in [5.41, 5.74) is 2.28. The zero-order valence-corrected chi connectivity index (χ0v) is 12.2. The van der Waals surface area contributed by atoms with Gasteiger partial charge in [-0.05, 0) is 11.6 Å². The van der Waals surface area contributed by atoms with E-state index in [9.17, 15) is 4.79 Å². The number of para-hydroxylation sites is 1. The Morgan fingerprint density at radius 1 is 1.26 bits per heavy atom. The van der Waals surface area contributed by atoms with Crippen molar-refractivity contribution in [2.45, 2.75) is 30.3 Å². The summed E-state index contributed by atoms with van der Waals surface area (Å²) < 4.78 is 0. The molecule has 1 N–H and O–H groups in total. The number of hydrogen-bond donors (Lipinski definition) is 1. The largest absolute Gasteiger partial charge is 0.384 e. The van der Waals surface area contributed by atoms with E-state index in [4.69, 9.17) is 0 Å². The Hall–Kier alpha value is -1.16. The third kappa shape index (κ3) is 2.46. The van der Waals surface area contributed by atoms with Gasteiger partial charge in [-0.1, -0.05) is 32.0 Å². The molecule has 3 atom stereocenters. The molecule has 3 unspecified atom stereocenters. The van der Waals surface area contributed by atoms with Crippen LogP contribution >= 0.6 is 11.8 Å². The lowest BCUT2D eigenvalue weighted by atomic mass is 9.99. The van der Waals surface area contributed by atoms with E-state index in [-0.39, 0.29) is 11.8 Å². The van der Waals surface area contributed by atoms with Crippen LogP contribution in [0.25, 0.3) is 0 Å². The van der Waals surface area contributed by atoms with Gasteiger partial charge in [-0.25, -0.2) is 0 Å². The van der Waals surface area contributed by atoms with Crippen LogP contribution in [0, 0.1) is 0 Å². The first-order valence-corrected chi connectivity index (χ1v) is 7.86. The van der Waals surface area contributed by atoms with Gasteiger partial charge < -0.3 is 10.2 Å². The molecule has 1 saturated heterocycles. The van der Waals surface area contributed by atoms with Gasteiger partial charge in [0.15, 0.2) is 0 Å². The van der Waals surface area contributed by atoms with Crippen molar-refractivity contribution in [3.05, 3.63) is 29.8 Å². The maximum absolute atomic E-state index is 12.7. The van der Waals surface area contributed by atoms with Crippen molar-refractivity contribution < 1.29 is 4.79 Å². The fourth-order valence-corrected chi connectivity index (χ4v) is 4.41. The number of rotatable bonds is 1. The maximum atomic E-state index is 12.7. The number of thioether (sulfide) groups is 1. The number of anilines is 1. The van der Waals surface area contributed by atoms with Crippen LogP contribution in [0.1, 0.15) is 25.3 Å². The molecule has 0 spiro atoms. The first-order valence-electron chi connectivity index (χ1n) is 6.92. The van der Waals surface area contributed by atoms with Crippen LogP contribution in [0.5, 0.6) is 0 Å². The van der Waals surface area contributed by atoms with Crippen LogP contribution in [-0.2, 0) is 4.79 Å². The summed E-state index contributed by atoms with van der Waals surface area (Å²) in [6.45, 7) is 6.92. The molecule has 3 rings (SSSR count). The molecular formula is C15H20N2OS. The molecule has 0 aliphatic carbocycles. The van der Waals surface area contributed by atoms with E-state index in [1.807, 2.05) is 23.9 Å². The minimum absolute atomic E-state index is 0.00120. The molecule has 2 aliphatic heterocycles. The predicted octanol–water partition coefficient (Wildman–Crippen LogP) is 2.55. The van der Waals surface area contributed by atoms with E-state index in [0.717, 1.165) is 30.9 Å². The zero-order chi connectivity index (χ0) is 13.4. The van der Waals surface area contributed by atoms with E-state index in [1.54, 1.807) is 0 Å². The smallest absolute Gasteiger partial charge is 0.232 e. The Morgan fingerprint density at radius 2 is 1.95 bits per heavy atom. The standard InChI is InChI=1S/C15H20N2OS/c1-10-8-17(9-11(2)19-10)15(18)13-7-16-14-6-4-3-5-12(13)14/h3-6,10-11,13,16H,7-9H2,1-2H3. The van der Waals surface area contributed by atoms with E-state index in [1.165, 1.54) is 0 Å². The number of nitrogens with one attached hydrogen (secondary N) is 1. The van der Waals surface area contributed by atoms with Crippen molar-refractivity contribution in [1.29, 1.82) is 0 Å². The number of carbonyl (C=O) groups is 1. The normalized spacial score (nSPS) is 29.8. The lowest BCUT2D eigenvalue weighted by Gasteiger charge is -2.36. The Labute approximate surface area is 118 Å². The molecular weight excluding hydrogens is 256 g/mol. The van der Waals surface area contributed by atoms with E-state index in [0.29, 0.717) is 10.5 Å². The number of amides is 1. The first kappa shape index (κ1) is 12.9. The highest BCUT2D eigenvalue weighted by Crippen LogP contribution is 2.34. The minimum atomic E-state index is -0.00120. The average molecular weight is 276 g/mol. The number of benzene rings is 1. The molecule has 0 radical (unpaired) electrons. The van der Waals surface area contributed by atoms with Crippen molar-refractivity contribution in [2.75, 3.05) is 25.0 Å². The van der Waals surface area contributed by atoms with E-state index in [2.05, 4.69) is 36.2 Å². The topological polar surface area (TPSA) is 32.3 Å². The summed E-state index contributed by atoms with van der Waals surface area (Å²) in [6.07, 6.45) is 0. The van der Waals surface area contributed by atoms with Gasteiger partial charge in [0, 0.05) is 35.8 Å². The van der Waals surface area contributed by atoms with Crippen LogP contribution in [0.4, 0.5) is 5.69 Å². The van der Waals surface area contributed by atoms with Gasteiger partial charge in [-0.2, -0.15) is 11.8 Å². The summed E-state index contributed by atoms with van der Waals surface area (Å²) in [7, 11) is 0. The third-order valence-corrected chi connectivity index (χ3v) is 5.09. The second-order valence-corrected chi connectivity index (χ2v) is 7.40. The second-order valence-electron chi connectivity index (χ2n) is 5.52. The summed E-state index contributed by atoms with van der Waals surface area (Å²) in [4.78, 5) is 14.8. The lowest BCUT2D eigenvalue weighted by Crippen LogP contribution is -2.46. The van der Waals surface area contributed by atoms with Crippen LogP contribution < -0.4 is 5.32 Å². The Bertz CT molecular complexity index is 481. The highest BCUT2D eigenvalue weighted by molar-refractivity contribution is 8.00. The fourth-order valence-electron chi connectivity index (χ4n) is 3.08. The van der Waals surface area contributed by atoms with Crippen LogP contribution in [0.15, 0.2) is 24.3 Å². The molecule has 1 amide bonds. The van der Waals surface area contributed by atoms with Crippen LogP contribution in [0.2, 0.25) is 0 Å². The molecule has 0 bridgehead atoms. The summed E-state index contributed by atoms with van der Waals surface area (Å²) >= 11 is 1.98. The maximum Gasteiger partial charge on any atom is 0.232 e. The molecule has 3 nitrogen and oxygen atoms in total. The van der Waals surface area contributed by atoms with Gasteiger partial charge in [-0.3, -0.25) is 4.79 Å². The van der Waals surface area contributed by atoms with Gasteiger partial charge in [-0.15, -0.1) is 0 Å². The van der Waals surface area contributed by atoms with E-state index >= 15 is 0 Å². The van der Waals surface area contributed by atoms with Crippen LogP contribution in [-0.4, -0.2) is 40.9 Å². The number of hydrogen-bond acceptors (Lipinski definition) is 3. The molecule has 102 valence electrons. The molecule has 1 fully saturated rings. The van der Waals surface area contributed by atoms with Gasteiger partial charge in [0.05, 0.1) is 5.92 Å². The summed E-state index contributed by atoms with van der Waals surface area (Å²) in [6, 6.07) is 8.16. The van der Waals surface area contributed by atoms with Crippen molar-refractivity contribution in [3.8, 4) is 0 Å². The minimum Gasteiger partial charge on any atom is -0.384 e. The first-order chi connectivity index (χ1) is 9.15. The fraction of sp³-hybridized carbons (Fsp3) is 0.533. The molecule has 4 heteroatoms. The highest BCUT2D eigenvalue weighted by Gasteiger charge is 2.34. The predicted molar refractivity (Wildman–Crippen MR) is 80.8 cm³/mol. The Morgan fingerprint density at radius 3 is 2.68 bits per heavy atom. The molecule has 2 aliphatic rings. The van der Waals surface area contributed by atoms with Crippen molar-refractivity contribution in [2.24, 2.45) is 0 Å². The summed E-state index contributed by atoms with van der Waals surface area (Å²) in [5.74, 6) is 0.287. The SMILES string of the molecule is CC1CN(C(=O)C2CNc3ccccc32)CC(C)S1. The molecule has 2 heterocycles. The molecule has 1 aromatic rings. The third-order valence-electron chi connectivity index (χ3n) is 3.86. The lowest BCUT2D eigenvalue weighted by molar-refractivity contribution is -0.132. The monoisotopic (exact) mass is 276 g/mol. The second kappa shape index (κ2) is 5.08. The highest BCUT2D eigenvalue weighted by atomic mass is 32.2. The average Bonchev–Trinajstić information content (AvgIpc) is 2.80. The van der Waals surface area contributed by atoms with Crippen molar-refractivity contribution in [1.82, 2.24) is 4.90 Å². The van der Waals surface area contributed by atoms with Gasteiger partial charge >= 0.3 is 0 Å². The molecule has 0 saturated carbocycles.